The molecule has 112 valence electrons. The first-order chi connectivity index (χ1) is 9.45. The van der Waals surface area contributed by atoms with E-state index in [4.69, 9.17) is 0 Å². The van der Waals surface area contributed by atoms with Gasteiger partial charge in [-0.1, -0.05) is 63.3 Å². The first-order valence-corrected chi connectivity index (χ1v) is 7.81. The molecule has 0 saturated heterocycles. The van der Waals surface area contributed by atoms with Gasteiger partial charge >= 0.3 is 0 Å². The molecule has 1 aromatic rings. The highest BCUT2D eigenvalue weighted by atomic mass is 16.3. The maximum atomic E-state index is 11.9. The summed E-state index contributed by atoms with van der Waals surface area (Å²) in [4.78, 5) is 11.9. The van der Waals surface area contributed by atoms with Gasteiger partial charge in [-0.05, 0) is 32.3 Å². The van der Waals surface area contributed by atoms with Crippen LogP contribution in [-0.4, -0.2) is 16.5 Å². The minimum atomic E-state index is -1.29. The maximum Gasteiger partial charge on any atom is 0.193 e. The third-order valence-corrected chi connectivity index (χ3v) is 3.59. The lowest BCUT2D eigenvalue weighted by Crippen LogP contribution is -2.31. The van der Waals surface area contributed by atoms with Crippen molar-refractivity contribution in [3.05, 3.63) is 35.4 Å². The van der Waals surface area contributed by atoms with E-state index in [0.29, 0.717) is 5.56 Å². The highest BCUT2D eigenvalue weighted by Gasteiger charge is 2.24. The second-order valence-electron chi connectivity index (χ2n) is 6.10. The van der Waals surface area contributed by atoms with Crippen molar-refractivity contribution in [3.8, 4) is 0 Å². The molecule has 2 nitrogen and oxygen atoms in total. The molecule has 20 heavy (non-hydrogen) atoms. The number of Topliss-reactive ketones (excluding diaryl/α,β-unsaturated/α-hetero) is 1. The van der Waals surface area contributed by atoms with E-state index in [0.717, 1.165) is 6.42 Å². The predicted molar refractivity (Wildman–Crippen MR) is 84.2 cm³/mol. The summed E-state index contributed by atoms with van der Waals surface area (Å²) in [6.45, 7) is 5.29. The molecule has 0 unspecified atom stereocenters. The SMILES string of the molecule is CCCCCCCCc1ccc(C(=O)C(C)(C)O)cc1. The Hall–Kier alpha value is -1.15. The van der Waals surface area contributed by atoms with Crippen molar-refractivity contribution >= 4 is 5.78 Å². The molecule has 2 heteroatoms. The van der Waals surface area contributed by atoms with Crippen LogP contribution in [0.15, 0.2) is 24.3 Å². The Morgan fingerprint density at radius 1 is 1.00 bits per heavy atom. The van der Waals surface area contributed by atoms with Gasteiger partial charge < -0.3 is 5.11 Å². The molecule has 0 fully saturated rings. The maximum absolute atomic E-state index is 11.9. The van der Waals surface area contributed by atoms with Crippen LogP contribution in [0.2, 0.25) is 0 Å². The van der Waals surface area contributed by atoms with Crippen molar-refractivity contribution in [1.29, 1.82) is 0 Å². The molecule has 0 saturated carbocycles. The number of rotatable bonds is 9. The number of benzene rings is 1. The summed E-state index contributed by atoms with van der Waals surface area (Å²) < 4.78 is 0. The summed E-state index contributed by atoms with van der Waals surface area (Å²) in [5, 5.41) is 9.70. The van der Waals surface area contributed by atoms with Gasteiger partial charge in [-0.2, -0.15) is 0 Å². The van der Waals surface area contributed by atoms with Crippen molar-refractivity contribution in [2.45, 2.75) is 71.3 Å². The number of aliphatic hydroxyl groups is 1. The third kappa shape index (κ3) is 5.87. The molecule has 1 rings (SSSR count). The summed E-state index contributed by atoms with van der Waals surface area (Å²) in [5.41, 5.74) is 0.567. The van der Waals surface area contributed by atoms with Gasteiger partial charge in [-0.3, -0.25) is 4.79 Å². The number of hydrogen-bond acceptors (Lipinski definition) is 2. The number of carbonyl (C=O) groups excluding carboxylic acids is 1. The second kappa shape index (κ2) is 8.21. The van der Waals surface area contributed by atoms with E-state index in [1.807, 2.05) is 24.3 Å². The topological polar surface area (TPSA) is 37.3 Å². The molecule has 0 radical (unpaired) electrons. The first kappa shape index (κ1) is 16.9. The van der Waals surface area contributed by atoms with Crippen molar-refractivity contribution < 1.29 is 9.90 Å². The van der Waals surface area contributed by atoms with Crippen LogP contribution in [0.25, 0.3) is 0 Å². The smallest absolute Gasteiger partial charge is 0.193 e. The van der Waals surface area contributed by atoms with E-state index in [2.05, 4.69) is 6.92 Å². The van der Waals surface area contributed by atoms with Crippen molar-refractivity contribution in [3.63, 3.8) is 0 Å². The normalized spacial score (nSPS) is 11.6. The summed E-state index contributed by atoms with van der Waals surface area (Å²) in [6, 6.07) is 7.66. The highest BCUT2D eigenvalue weighted by molar-refractivity contribution is 6.01. The minimum absolute atomic E-state index is 0.219. The molecule has 1 N–H and O–H groups in total. The summed E-state index contributed by atoms with van der Waals surface area (Å²) in [6.07, 6.45) is 8.86. The average Bonchev–Trinajstić information content (AvgIpc) is 2.41. The fourth-order valence-electron chi connectivity index (χ4n) is 2.29. The number of hydrogen-bond donors (Lipinski definition) is 1. The van der Waals surface area contributed by atoms with Gasteiger partial charge in [0.05, 0.1) is 0 Å². The molecule has 0 heterocycles. The predicted octanol–water partition coefficient (Wildman–Crippen LogP) is 4.54. The summed E-state index contributed by atoms with van der Waals surface area (Å²) in [7, 11) is 0. The number of unbranched alkanes of at least 4 members (excludes halogenated alkanes) is 5. The molecule has 0 aliphatic carbocycles. The second-order valence-corrected chi connectivity index (χ2v) is 6.10. The van der Waals surface area contributed by atoms with Crippen LogP contribution >= 0.6 is 0 Å². The molecule has 1 aromatic carbocycles. The largest absolute Gasteiger partial charge is 0.382 e. The molecule has 0 bridgehead atoms. The standard InChI is InChI=1S/C18H28O2/c1-4-5-6-7-8-9-10-15-11-13-16(14-12-15)17(19)18(2,3)20/h11-14,20H,4-10H2,1-3H3. The Bertz CT molecular complexity index is 398. The Kier molecular flexibility index (Phi) is 6.94. The van der Waals surface area contributed by atoms with Crippen LogP contribution in [-0.2, 0) is 6.42 Å². The zero-order valence-electron chi connectivity index (χ0n) is 13.1. The zero-order valence-corrected chi connectivity index (χ0v) is 13.1. The first-order valence-electron chi connectivity index (χ1n) is 7.81. The molecule has 0 aromatic heterocycles. The van der Waals surface area contributed by atoms with E-state index in [-0.39, 0.29) is 5.78 Å². The minimum Gasteiger partial charge on any atom is -0.382 e. The van der Waals surface area contributed by atoms with Gasteiger partial charge in [0, 0.05) is 5.56 Å². The lowest BCUT2D eigenvalue weighted by Gasteiger charge is -2.15. The van der Waals surface area contributed by atoms with Gasteiger partial charge in [-0.25, -0.2) is 0 Å². The van der Waals surface area contributed by atoms with Crippen LogP contribution in [0, 0.1) is 0 Å². The summed E-state index contributed by atoms with van der Waals surface area (Å²) >= 11 is 0. The molecular formula is C18H28O2. The van der Waals surface area contributed by atoms with Gasteiger partial charge in [-0.15, -0.1) is 0 Å². The Morgan fingerprint density at radius 2 is 1.55 bits per heavy atom. The van der Waals surface area contributed by atoms with Crippen LogP contribution in [0.5, 0.6) is 0 Å². The molecule has 0 atom stereocenters. The monoisotopic (exact) mass is 276 g/mol. The van der Waals surface area contributed by atoms with E-state index in [1.165, 1.54) is 57.9 Å². The van der Waals surface area contributed by atoms with Gasteiger partial charge in [0.15, 0.2) is 5.78 Å². The molecular weight excluding hydrogens is 248 g/mol. The van der Waals surface area contributed by atoms with E-state index in [1.54, 1.807) is 0 Å². The van der Waals surface area contributed by atoms with Crippen molar-refractivity contribution in [2.24, 2.45) is 0 Å². The van der Waals surface area contributed by atoms with Crippen molar-refractivity contribution in [1.82, 2.24) is 0 Å². The molecule has 0 spiro atoms. The summed E-state index contributed by atoms with van der Waals surface area (Å²) in [5.74, 6) is -0.219. The van der Waals surface area contributed by atoms with Crippen LogP contribution in [0.4, 0.5) is 0 Å². The van der Waals surface area contributed by atoms with Gasteiger partial charge in [0.1, 0.15) is 5.60 Å². The van der Waals surface area contributed by atoms with E-state index in [9.17, 15) is 9.90 Å². The lowest BCUT2D eigenvalue weighted by atomic mass is 9.95. The molecule has 0 amide bonds. The average molecular weight is 276 g/mol. The third-order valence-electron chi connectivity index (χ3n) is 3.59. The molecule has 0 aliphatic heterocycles. The quantitative estimate of drug-likeness (QED) is 0.531. The Morgan fingerprint density at radius 3 is 2.10 bits per heavy atom. The Balaban J connectivity index is 2.38. The van der Waals surface area contributed by atoms with E-state index >= 15 is 0 Å². The van der Waals surface area contributed by atoms with E-state index < -0.39 is 5.60 Å². The number of carbonyl (C=O) groups is 1. The van der Waals surface area contributed by atoms with Crippen LogP contribution < -0.4 is 0 Å². The fourth-order valence-corrected chi connectivity index (χ4v) is 2.29. The number of ketones is 1. The van der Waals surface area contributed by atoms with Crippen LogP contribution in [0.1, 0.15) is 75.2 Å². The number of aryl methyl sites for hydroxylation is 1. The highest BCUT2D eigenvalue weighted by Crippen LogP contribution is 2.15. The molecule has 0 aliphatic rings. The van der Waals surface area contributed by atoms with Crippen LogP contribution in [0.3, 0.4) is 0 Å². The Labute approximate surface area is 123 Å². The van der Waals surface area contributed by atoms with Gasteiger partial charge in [0.25, 0.3) is 0 Å². The van der Waals surface area contributed by atoms with Gasteiger partial charge in [0.2, 0.25) is 0 Å². The zero-order chi connectivity index (χ0) is 15.0. The van der Waals surface area contributed by atoms with Crippen molar-refractivity contribution in [2.75, 3.05) is 0 Å². The lowest BCUT2D eigenvalue weighted by molar-refractivity contribution is 0.0488. The fraction of sp³-hybridized carbons (Fsp3) is 0.611.